The third-order valence-corrected chi connectivity index (χ3v) is 9.01. The molecule has 1 fully saturated rings. The van der Waals surface area contributed by atoms with Crippen LogP contribution in [0.4, 0.5) is 18.9 Å². The molecule has 1 aliphatic carbocycles. The van der Waals surface area contributed by atoms with Gasteiger partial charge in [0, 0.05) is 33.2 Å². The number of benzene rings is 2. The van der Waals surface area contributed by atoms with Gasteiger partial charge in [0.15, 0.2) is 0 Å². The summed E-state index contributed by atoms with van der Waals surface area (Å²) >= 11 is 3.46. The number of carbonyl (C=O) groups is 1. The molecule has 0 saturated heterocycles. The van der Waals surface area contributed by atoms with Gasteiger partial charge in [-0.05, 0) is 88.4 Å². The van der Waals surface area contributed by atoms with E-state index in [1.807, 2.05) is 6.07 Å². The summed E-state index contributed by atoms with van der Waals surface area (Å²) in [6.45, 7) is 5.45. The molecule has 2 aromatic rings. The Morgan fingerprint density at radius 1 is 1.09 bits per heavy atom. The van der Waals surface area contributed by atoms with E-state index in [1.165, 1.54) is 18.2 Å². The van der Waals surface area contributed by atoms with Crippen molar-refractivity contribution >= 4 is 37.5 Å². The van der Waals surface area contributed by atoms with Crippen LogP contribution in [0.1, 0.15) is 62.4 Å². The predicted octanol–water partition coefficient (Wildman–Crippen LogP) is 6.18. The van der Waals surface area contributed by atoms with Crippen molar-refractivity contribution in [2.24, 2.45) is 5.92 Å². The average molecular weight is 573 g/mol. The van der Waals surface area contributed by atoms with Crippen LogP contribution in [0, 0.1) is 5.92 Å². The second-order valence-electron chi connectivity index (χ2n) is 10.5. The number of hydrogen-bond acceptors (Lipinski definition) is 3. The van der Waals surface area contributed by atoms with Crippen LogP contribution in [0.15, 0.2) is 51.8 Å². The molecule has 190 valence electrons. The fourth-order valence-corrected chi connectivity index (χ4v) is 6.99. The number of hydrogen-bond donors (Lipinski definition) is 1. The first-order chi connectivity index (χ1) is 16.1. The van der Waals surface area contributed by atoms with Crippen molar-refractivity contribution in [1.29, 1.82) is 0 Å². The van der Waals surface area contributed by atoms with Gasteiger partial charge >= 0.3 is 6.18 Å². The fourth-order valence-electron chi connectivity index (χ4n) is 5.16. The normalized spacial score (nSPS) is 22.9. The molecule has 1 spiro atoms. The van der Waals surface area contributed by atoms with E-state index in [0.717, 1.165) is 10.0 Å². The molecule has 1 saturated carbocycles. The van der Waals surface area contributed by atoms with Gasteiger partial charge < -0.3 is 4.90 Å². The minimum atomic E-state index is -4.22. The second-order valence-corrected chi connectivity index (χ2v) is 13.1. The van der Waals surface area contributed by atoms with Gasteiger partial charge in [0.05, 0.1) is 10.8 Å². The highest BCUT2D eigenvalue weighted by Crippen LogP contribution is 2.53. The summed E-state index contributed by atoms with van der Waals surface area (Å²) in [7, 11) is -3.84. The van der Waals surface area contributed by atoms with Gasteiger partial charge in [0.1, 0.15) is 0 Å². The summed E-state index contributed by atoms with van der Waals surface area (Å²) in [6.07, 6.45) is -3.53. The van der Waals surface area contributed by atoms with Crippen molar-refractivity contribution in [3.05, 3.63) is 58.1 Å². The van der Waals surface area contributed by atoms with Crippen molar-refractivity contribution in [3.8, 4) is 0 Å². The number of rotatable bonds is 3. The van der Waals surface area contributed by atoms with E-state index in [1.54, 1.807) is 43.9 Å². The molecule has 1 N–H and O–H groups in total. The summed E-state index contributed by atoms with van der Waals surface area (Å²) in [5.74, 6) is -1.71. The maximum absolute atomic E-state index is 13.6. The fraction of sp³-hybridized carbons (Fsp3) is 0.480. The zero-order valence-electron chi connectivity index (χ0n) is 19.7. The zero-order valence-corrected chi connectivity index (χ0v) is 22.1. The predicted molar refractivity (Wildman–Crippen MR) is 132 cm³/mol. The van der Waals surface area contributed by atoms with E-state index >= 15 is 0 Å². The van der Waals surface area contributed by atoms with Crippen LogP contribution in [0.5, 0.6) is 0 Å². The smallest absolute Gasteiger partial charge is 0.307 e. The van der Waals surface area contributed by atoms with E-state index in [4.69, 9.17) is 0 Å². The van der Waals surface area contributed by atoms with E-state index in [-0.39, 0.29) is 35.8 Å². The molecule has 0 radical (unpaired) electrons. The molecule has 1 heterocycles. The number of halogens is 4. The van der Waals surface area contributed by atoms with E-state index in [9.17, 15) is 26.4 Å². The summed E-state index contributed by atoms with van der Waals surface area (Å²) in [5.41, 5.74) is 0.468. The number of nitrogens with zero attached hydrogens (tertiary/aromatic N) is 1. The summed E-state index contributed by atoms with van der Waals surface area (Å²) in [6, 6.07) is 11.3. The Bertz CT molecular complexity index is 1250. The minimum Gasteiger partial charge on any atom is -0.307 e. The van der Waals surface area contributed by atoms with Crippen LogP contribution >= 0.6 is 15.9 Å². The number of amides is 1. The topological polar surface area (TPSA) is 66.5 Å². The maximum Gasteiger partial charge on any atom is 0.391 e. The minimum absolute atomic E-state index is 0.0175. The van der Waals surface area contributed by atoms with Crippen molar-refractivity contribution in [1.82, 2.24) is 4.72 Å². The molecule has 0 aromatic heterocycles. The number of nitrogens with one attached hydrogen (secondary N) is 1. The molecule has 5 nitrogen and oxygen atoms in total. The van der Waals surface area contributed by atoms with Crippen molar-refractivity contribution in [2.75, 3.05) is 11.4 Å². The first-order valence-corrected chi connectivity index (χ1v) is 13.7. The van der Waals surface area contributed by atoms with E-state index in [0.29, 0.717) is 18.5 Å². The zero-order chi connectivity index (χ0) is 25.8. The Morgan fingerprint density at radius 3 is 2.34 bits per heavy atom. The Hall–Kier alpha value is -1.91. The molecule has 2 aliphatic rings. The van der Waals surface area contributed by atoms with Crippen molar-refractivity contribution < 1.29 is 26.4 Å². The van der Waals surface area contributed by atoms with Gasteiger partial charge in [-0.1, -0.05) is 22.0 Å². The van der Waals surface area contributed by atoms with Gasteiger partial charge in [-0.15, -0.1) is 0 Å². The molecule has 2 aromatic carbocycles. The van der Waals surface area contributed by atoms with Crippen LogP contribution < -0.4 is 9.62 Å². The van der Waals surface area contributed by atoms with Crippen molar-refractivity contribution in [2.45, 2.75) is 68.5 Å². The molecule has 1 aliphatic heterocycles. The van der Waals surface area contributed by atoms with E-state index in [2.05, 4.69) is 20.7 Å². The van der Waals surface area contributed by atoms with Crippen LogP contribution in [0.2, 0.25) is 0 Å². The Kier molecular flexibility index (Phi) is 6.64. The third-order valence-electron chi connectivity index (χ3n) is 6.76. The summed E-state index contributed by atoms with van der Waals surface area (Å²) < 4.78 is 68.9. The Labute approximate surface area is 212 Å². The average Bonchev–Trinajstić information content (AvgIpc) is 3.04. The standard InChI is InChI=1S/C25H28BrF3N2O3S/c1-23(2,3)30-35(33,34)19-6-4-5-16(13-19)22(32)31-15-24(20-14-18(26)7-8-21(20)31)11-9-17(10-12-24)25(27,28)29/h4-8,13-14,17,30H,9-12,15H2,1-3H3. The molecule has 4 rings (SSSR count). The lowest BCUT2D eigenvalue weighted by Gasteiger charge is -2.38. The number of sulfonamides is 1. The van der Waals surface area contributed by atoms with Crippen LogP contribution in [-0.4, -0.2) is 32.6 Å². The quantitative estimate of drug-likeness (QED) is 0.477. The van der Waals surface area contributed by atoms with Crippen molar-refractivity contribution in [3.63, 3.8) is 0 Å². The lowest BCUT2D eigenvalue weighted by Crippen LogP contribution is -2.42. The first-order valence-electron chi connectivity index (χ1n) is 11.4. The van der Waals surface area contributed by atoms with Gasteiger partial charge in [0.25, 0.3) is 5.91 Å². The molecular formula is C25H28BrF3N2O3S. The Balaban J connectivity index is 1.66. The van der Waals surface area contributed by atoms with Gasteiger partial charge in [-0.2, -0.15) is 13.2 Å². The molecule has 35 heavy (non-hydrogen) atoms. The van der Waals surface area contributed by atoms with Crippen LogP contribution in [0.25, 0.3) is 0 Å². The lowest BCUT2D eigenvalue weighted by molar-refractivity contribution is -0.184. The molecule has 1 amide bonds. The van der Waals surface area contributed by atoms with Gasteiger partial charge in [-0.25, -0.2) is 13.1 Å². The molecule has 10 heteroatoms. The monoisotopic (exact) mass is 572 g/mol. The van der Waals surface area contributed by atoms with Gasteiger partial charge in [-0.3, -0.25) is 4.79 Å². The number of anilines is 1. The number of fused-ring (bicyclic) bond motifs is 2. The lowest BCUT2D eigenvalue weighted by atomic mass is 9.67. The van der Waals surface area contributed by atoms with E-state index < -0.39 is 33.1 Å². The summed E-state index contributed by atoms with van der Waals surface area (Å²) in [5, 5.41) is 0. The van der Waals surface area contributed by atoms with Crippen LogP contribution in [0.3, 0.4) is 0 Å². The number of alkyl halides is 3. The maximum atomic E-state index is 13.6. The molecule has 0 unspecified atom stereocenters. The first kappa shape index (κ1) is 26.2. The highest BCUT2D eigenvalue weighted by Gasteiger charge is 2.51. The SMILES string of the molecule is CC(C)(C)NS(=O)(=O)c1cccc(C(=O)N2CC3(CCC(C(F)(F)F)CC3)c3cc(Br)ccc32)c1. The highest BCUT2D eigenvalue weighted by molar-refractivity contribution is 9.10. The largest absolute Gasteiger partial charge is 0.391 e. The highest BCUT2D eigenvalue weighted by atomic mass is 79.9. The molecule has 0 atom stereocenters. The molecular weight excluding hydrogens is 545 g/mol. The summed E-state index contributed by atoms with van der Waals surface area (Å²) in [4.78, 5) is 15.2. The molecule has 0 bridgehead atoms. The number of carbonyl (C=O) groups excluding carboxylic acids is 1. The van der Waals surface area contributed by atoms with Crippen LogP contribution in [-0.2, 0) is 15.4 Å². The van der Waals surface area contributed by atoms with Gasteiger partial charge in [0.2, 0.25) is 10.0 Å². The third kappa shape index (κ3) is 5.29. The second kappa shape index (κ2) is 8.88. The Morgan fingerprint density at radius 2 is 1.74 bits per heavy atom.